The van der Waals surface area contributed by atoms with Crippen LogP contribution in [-0.2, 0) is 14.2 Å². The molecule has 0 radical (unpaired) electrons. The van der Waals surface area contributed by atoms with E-state index in [9.17, 15) is 34.3 Å². The number of ether oxygens (including phenoxy) is 3. The maximum Gasteiger partial charge on any atom is 0.330 e. The van der Waals surface area contributed by atoms with Gasteiger partial charge >= 0.3 is 17.1 Å². The molecule has 9 atom stereocenters. The summed E-state index contributed by atoms with van der Waals surface area (Å²) in [5.41, 5.74) is 6.84. The van der Waals surface area contributed by atoms with Gasteiger partial charge < -0.3 is 35.5 Å². The molecule has 3 aliphatic heterocycles. The first-order valence-electron chi connectivity index (χ1n) is 18.2. The van der Waals surface area contributed by atoms with Crippen LogP contribution in [0, 0.1) is 20.8 Å². The van der Waals surface area contributed by atoms with Gasteiger partial charge in [-0.15, -0.1) is 0 Å². The maximum atomic E-state index is 12.8. The summed E-state index contributed by atoms with van der Waals surface area (Å²) in [5.74, 6) is 0. The lowest BCUT2D eigenvalue weighted by molar-refractivity contribution is -0.00520. The molecule has 3 fully saturated rings. The van der Waals surface area contributed by atoms with Gasteiger partial charge in [0, 0.05) is 72.5 Å². The second-order valence-corrected chi connectivity index (χ2v) is 14.9. The third kappa shape index (κ3) is 9.27. The first-order chi connectivity index (χ1) is 27.1. The number of hydrogen-bond acceptors (Lipinski definition) is 12. The summed E-state index contributed by atoms with van der Waals surface area (Å²) in [7, 11) is 0. The van der Waals surface area contributed by atoms with Gasteiger partial charge in [-0.2, -0.15) is 0 Å². The maximum absolute atomic E-state index is 12.8. The van der Waals surface area contributed by atoms with Crippen LogP contribution in [0.25, 0.3) is 10.4 Å². The van der Waals surface area contributed by atoms with Crippen LogP contribution >= 0.6 is 24.4 Å². The second kappa shape index (κ2) is 17.4. The molecule has 9 unspecified atom stereocenters. The average Bonchev–Trinajstić information content (AvgIpc) is 3.88. The Kier molecular flexibility index (Phi) is 12.6. The first kappa shape index (κ1) is 41.2. The Bertz CT molecular complexity index is 2430. The van der Waals surface area contributed by atoms with Crippen LogP contribution in [0.15, 0.2) is 52.5 Å². The normalized spacial score (nSPS) is 26.8. The molecule has 306 valence electrons. The van der Waals surface area contributed by atoms with E-state index >= 15 is 0 Å². The van der Waals surface area contributed by atoms with E-state index in [1.807, 2.05) is 6.92 Å². The Hall–Kier alpha value is -5.39. The van der Waals surface area contributed by atoms with Crippen molar-refractivity contribution in [2.75, 3.05) is 13.1 Å². The molecule has 24 heteroatoms. The van der Waals surface area contributed by atoms with Crippen molar-refractivity contribution < 1.29 is 14.2 Å². The summed E-state index contributed by atoms with van der Waals surface area (Å²) in [4.78, 5) is 83.6. The number of nitrogens with zero attached hydrogens (tertiary/aromatic N) is 6. The fourth-order valence-corrected chi connectivity index (χ4v) is 7.63. The fraction of sp³-hybridized carbons (Fsp3) is 0.576. The van der Waals surface area contributed by atoms with Crippen LogP contribution in [0.4, 0.5) is 0 Å². The third-order valence-corrected chi connectivity index (χ3v) is 10.7. The molecule has 3 aliphatic rings. The van der Waals surface area contributed by atoms with E-state index in [0.717, 1.165) is 0 Å². The van der Waals surface area contributed by atoms with Crippen LogP contribution in [0.2, 0.25) is 0 Å². The highest BCUT2D eigenvalue weighted by Gasteiger charge is 2.40. The van der Waals surface area contributed by atoms with Crippen LogP contribution in [0.5, 0.6) is 0 Å². The van der Waals surface area contributed by atoms with Crippen LogP contribution in [0.3, 0.4) is 0 Å². The summed E-state index contributed by atoms with van der Waals surface area (Å²) in [6, 6.07) is -1.43. The van der Waals surface area contributed by atoms with Crippen molar-refractivity contribution in [2.24, 2.45) is 5.11 Å². The van der Waals surface area contributed by atoms with Gasteiger partial charge in [0.05, 0.1) is 36.4 Å². The zero-order chi connectivity index (χ0) is 41.1. The van der Waals surface area contributed by atoms with E-state index in [1.54, 1.807) is 20.8 Å². The highest BCUT2D eigenvalue weighted by Crippen LogP contribution is 2.31. The van der Waals surface area contributed by atoms with Crippen molar-refractivity contribution in [3.63, 3.8) is 0 Å². The van der Waals surface area contributed by atoms with E-state index in [-0.39, 0.29) is 48.3 Å². The van der Waals surface area contributed by atoms with Crippen LogP contribution in [0.1, 0.15) is 68.0 Å². The molecule has 6 rings (SSSR count). The number of aromatic nitrogens is 6. The van der Waals surface area contributed by atoms with Gasteiger partial charge in [-0.1, -0.05) is 12.0 Å². The quantitative estimate of drug-likeness (QED) is 0.0538. The molecule has 0 spiro atoms. The minimum absolute atomic E-state index is 0.0867. The zero-order valence-electron chi connectivity index (χ0n) is 31.3. The molecule has 0 aliphatic carbocycles. The number of aryl methyl sites for hydroxylation is 3. The highest BCUT2D eigenvalue weighted by atomic mass is 32.1. The number of hydrogen-bond donors (Lipinski definition) is 7. The lowest BCUT2D eigenvalue weighted by Gasteiger charge is -2.25. The topological polar surface area (TPSA) is 289 Å². The smallest absolute Gasteiger partial charge is 0.330 e. The zero-order valence-corrected chi connectivity index (χ0v) is 33.0. The molecule has 0 aromatic carbocycles. The fourth-order valence-electron chi connectivity index (χ4n) is 7.16. The van der Waals surface area contributed by atoms with Crippen molar-refractivity contribution in [2.45, 2.75) is 108 Å². The van der Waals surface area contributed by atoms with Crippen molar-refractivity contribution in [3.05, 3.63) is 108 Å². The molecule has 3 aromatic rings. The predicted molar refractivity (Wildman–Crippen MR) is 212 cm³/mol. The molecule has 0 saturated carbocycles. The predicted octanol–water partition coefficient (Wildman–Crippen LogP) is -0.821. The van der Waals surface area contributed by atoms with Crippen molar-refractivity contribution in [1.82, 2.24) is 49.9 Å². The summed E-state index contributed by atoms with van der Waals surface area (Å²) < 4.78 is 22.5. The molecule has 6 heterocycles. The van der Waals surface area contributed by atoms with Gasteiger partial charge in [-0.25, -0.2) is 14.4 Å². The first-order valence-corrected chi connectivity index (χ1v) is 19.0. The van der Waals surface area contributed by atoms with E-state index in [4.69, 9.17) is 38.6 Å². The van der Waals surface area contributed by atoms with Crippen molar-refractivity contribution in [3.8, 4) is 0 Å². The summed E-state index contributed by atoms with van der Waals surface area (Å²) >= 11 is 11.3. The summed E-state index contributed by atoms with van der Waals surface area (Å²) in [6.07, 6.45) is 1.88. The third-order valence-electron chi connectivity index (χ3n) is 10.2. The lowest BCUT2D eigenvalue weighted by atomic mass is 10.1. The minimum atomic E-state index is -0.807. The van der Waals surface area contributed by atoms with Gasteiger partial charge in [-0.3, -0.25) is 43.0 Å². The van der Waals surface area contributed by atoms with E-state index in [0.29, 0.717) is 29.5 Å². The Balaban J connectivity index is 1.11. The molecule has 22 nitrogen and oxygen atoms in total. The van der Waals surface area contributed by atoms with Crippen molar-refractivity contribution >= 4 is 34.7 Å². The number of azide groups is 1. The Morgan fingerprint density at radius 3 is 1.53 bits per heavy atom. The molecular weight excluding hydrogens is 787 g/mol. The van der Waals surface area contributed by atoms with E-state index in [2.05, 4.69) is 46.2 Å². The van der Waals surface area contributed by atoms with Crippen LogP contribution in [-0.4, -0.2) is 88.4 Å². The molecular formula is C33H43N13O9S2. The number of thiocarbonyl (C=S) groups is 2. The number of H-pyrrole nitrogens is 3. The second-order valence-electron chi connectivity index (χ2n) is 14.1. The van der Waals surface area contributed by atoms with Gasteiger partial charge in [0.1, 0.15) is 18.7 Å². The standard InChI is InChI=1S/C33H43N13O9S2/c1-5-20-17(6-23(53-20)44-11-14(2)26(47)39-31(44)50)37-29(56)35-9-21-18(7-24(54-21)45-12-15(3)27(48)40-32(45)51)38-30(57)36-10-22-19(42-43-34)8-25(55-22)46-13-16(4)28(49)41-33(46)52/h11-13,17-25H,5-10H2,1-4H3,(H2,35,37,56)(H2,36,38,57)(H,39,47,50)(H,40,48,51)(H,41,49,52). The molecule has 3 saturated heterocycles. The van der Waals surface area contributed by atoms with Crippen LogP contribution < -0.4 is 55.0 Å². The Morgan fingerprint density at radius 1 is 0.702 bits per heavy atom. The molecule has 0 amide bonds. The Labute approximate surface area is 333 Å². The molecule has 7 N–H and O–H groups in total. The number of rotatable bonds is 11. The highest BCUT2D eigenvalue weighted by molar-refractivity contribution is 7.80. The monoisotopic (exact) mass is 829 g/mol. The SMILES string of the molecule is CCC1OC(n2cc(C)c(=O)[nH]c2=O)CC1NC(=S)NCC1OC(n2cc(C)c(=O)[nH]c2=O)CC1NC(=S)NCC1OC(n2cc(C)c(=O)[nH]c2=O)CC1N=[N+]=[N-]. The minimum Gasteiger partial charge on any atom is -0.360 e. The summed E-state index contributed by atoms with van der Waals surface area (Å²) in [6.45, 7) is 6.93. The van der Waals surface area contributed by atoms with Gasteiger partial charge in [0.15, 0.2) is 10.2 Å². The average molecular weight is 830 g/mol. The van der Waals surface area contributed by atoms with Gasteiger partial charge in [0.2, 0.25) is 0 Å². The van der Waals surface area contributed by atoms with E-state index < -0.39 is 76.7 Å². The summed E-state index contributed by atoms with van der Waals surface area (Å²) in [5, 5.41) is 17.1. The largest absolute Gasteiger partial charge is 0.360 e. The lowest BCUT2D eigenvalue weighted by Crippen LogP contribution is -2.52. The molecule has 0 bridgehead atoms. The van der Waals surface area contributed by atoms with Crippen molar-refractivity contribution in [1.29, 1.82) is 0 Å². The number of nitrogens with one attached hydrogen (secondary N) is 7. The van der Waals surface area contributed by atoms with E-state index in [1.165, 1.54) is 32.3 Å². The number of aromatic amines is 3. The van der Waals surface area contributed by atoms with Gasteiger partial charge in [-0.05, 0) is 57.2 Å². The Morgan fingerprint density at radius 2 is 1.09 bits per heavy atom. The molecule has 3 aromatic heterocycles. The molecule has 57 heavy (non-hydrogen) atoms. The van der Waals surface area contributed by atoms with Gasteiger partial charge in [0.25, 0.3) is 16.7 Å².